The molecule has 1 aromatic heterocycles. The van der Waals surface area contributed by atoms with E-state index in [0.717, 1.165) is 18.4 Å². The minimum atomic E-state index is -0.274. The number of hydrogen-bond donors (Lipinski definition) is 1. The molecule has 5 rings (SSSR count). The summed E-state index contributed by atoms with van der Waals surface area (Å²) in [6, 6.07) is 12.3. The van der Waals surface area contributed by atoms with Crippen molar-refractivity contribution in [3.05, 3.63) is 48.4 Å². The molecule has 1 N–H and O–H groups in total. The first-order valence-electron chi connectivity index (χ1n) is 10.2. The average Bonchev–Trinajstić information content (AvgIpc) is 3.49. The van der Waals surface area contributed by atoms with Crippen LogP contribution in [0.25, 0.3) is 11.4 Å². The zero-order chi connectivity index (χ0) is 21.2. The van der Waals surface area contributed by atoms with E-state index in [9.17, 15) is 4.79 Å². The summed E-state index contributed by atoms with van der Waals surface area (Å²) in [5, 5.41) is 7.03. The first-order chi connectivity index (χ1) is 15.2. The maximum Gasteiger partial charge on any atom is 0.322 e. The second-order valence-corrected chi connectivity index (χ2v) is 7.33. The van der Waals surface area contributed by atoms with Gasteiger partial charge in [-0.1, -0.05) is 17.3 Å². The number of benzene rings is 2. The summed E-state index contributed by atoms with van der Waals surface area (Å²) >= 11 is 0. The topological polar surface area (TPSA) is 99.0 Å². The van der Waals surface area contributed by atoms with Crippen molar-refractivity contribution in [3.63, 3.8) is 0 Å². The summed E-state index contributed by atoms with van der Waals surface area (Å²) in [7, 11) is 1.61. The number of anilines is 1. The van der Waals surface area contributed by atoms with Crippen molar-refractivity contribution in [2.75, 3.05) is 32.2 Å². The third kappa shape index (κ3) is 3.86. The molecule has 0 unspecified atom stereocenters. The Labute approximate surface area is 178 Å². The van der Waals surface area contributed by atoms with Crippen LogP contribution >= 0.6 is 0 Å². The average molecular weight is 422 g/mol. The normalized spacial score (nSPS) is 17.5. The van der Waals surface area contributed by atoms with E-state index in [4.69, 9.17) is 18.7 Å². The molecular formula is C22H22N4O5. The van der Waals surface area contributed by atoms with Crippen LogP contribution in [0.15, 0.2) is 47.0 Å². The van der Waals surface area contributed by atoms with Gasteiger partial charge in [-0.2, -0.15) is 4.98 Å². The number of amides is 2. The Balaban J connectivity index is 1.32. The Morgan fingerprint density at radius 3 is 2.90 bits per heavy atom. The van der Waals surface area contributed by atoms with Gasteiger partial charge in [0.25, 0.3) is 0 Å². The highest BCUT2D eigenvalue weighted by atomic mass is 16.6. The monoisotopic (exact) mass is 422 g/mol. The van der Waals surface area contributed by atoms with Gasteiger partial charge in [-0.25, -0.2) is 4.79 Å². The van der Waals surface area contributed by atoms with Gasteiger partial charge in [0.1, 0.15) is 25.0 Å². The zero-order valence-electron chi connectivity index (χ0n) is 17.0. The summed E-state index contributed by atoms with van der Waals surface area (Å²) in [5.74, 6) is 2.91. The van der Waals surface area contributed by atoms with Gasteiger partial charge in [0.05, 0.1) is 7.11 Å². The van der Waals surface area contributed by atoms with Gasteiger partial charge >= 0.3 is 6.03 Å². The molecule has 31 heavy (non-hydrogen) atoms. The van der Waals surface area contributed by atoms with E-state index in [1.54, 1.807) is 30.2 Å². The molecule has 0 aliphatic carbocycles. The van der Waals surface area contributed by atoms with Gasteiger partial charge in [-0.3, -0.25) is 0 Å². The van der Waals surface area contributed by atoms with Crippen LogP contribution in [0.5, 0.6) is 17.2 Å². The van der Waals surface area contributed by atoms with Crippen LogP contribution in [0.4, 0.5) is 10.5 Å². The number of aromatic nitrogens is 2. The fraction of sp³-hybridized carbons (Fsp3) is 0.318. The Hall–Kier alpha value is -3.75. The Morgan fingerprint density at radius 1 is 1.16 bits per heavy atom. The lowest BCUT2D eigenvalue weighted by atomic mass is 10.2. The van der Waals surface area contributed by atoms with Crippen LogP contribution in [0, 0.1) is 0 Å². The van der Waals surface area contributed by atoms with E-state index in [1.165, 1.54) is 0 Å². The van der Waals surface area contributed by atoms with Crippen molar-refractivity contribution in [1.29, 1.82) is 0 Å². The molecule has 1 saturated heterocycles. The Bertz CT molecular complexity index is 1100. The third-order valence-electron chi connectivity index (χ3n) is 5.36. The summed E-state index contributed by atoms with van der Waals surface area (Å²) in [4.78, 5) is 19.2. The predicted octanol–water partition coefficient (Wildman–Crippen LogP) is 3.89. The fourth-order valence-corrected chi connectivity index (χ4v) is 3.83. The largest absolute Gasteiger partial charge is 0.497 e. The van der Waals surface area contributed by atoms with Crippen LogP contribution in [0.3, 0.4) is 0 Å². The molecule has 9 heteroatoms. The SMILES string of the molecule is COc1cccc(-c2noc([C@@H]3CCCN3C(=O)Nc3ccc4c(c3)OCCO4)n2)c1. The van der Waals surface area contributed by atoms with Crippen molar-refractivity contribution in [2.24, 2.45) is 0 Å². The molecule has 0 radical (unpaired) electrons. The molecule has 9 nitrogen and oxygen atoms in total. The van der Waals surface area contributed by atoms with Crippen LogP contribution in [-0.2, 0) is 0 Å². The minimum Gasteiger partial charge on any atom is -0.497 e. The van der Waals surface area contributed by atoms with Crippen LogP contribution < -0.4 is 19.5 Å². The highest BCUT2D eigenvalue weighted by Gasteiger charge is 2.34. The van der Waals surface area contributed by atoms with Crippen molar-refractivity contribution in [3.8, 4) is 28.6 Å². The first-order valence-corrected chi connectivity index (χ1v) is 10.2. The first kappa shape index (κ1) is 19.2. The molecule has 0 bridgehead atoms. The third-order valence-corrected chi connectivity index (χ3v) is 5.36. The smallest absolute Gasteiger partial charge is 0.322 e. The number of hydrogen-bond acceptors (Lipinski definition) is 7. The maximum atomic E-state index is 13.0. The second-order valence-electron chi connectivity index (χ2n) is 7.33. The summed E-state index contributed by atoms with van der Waals surface area (Å²) in [6.45, 7) is 1.62. The van der Waals surface area contributed by atoms with E-state index in [2.05, 4.69) is 15.5 Å². The van der Waals surface area contributed by atoms with Crippen molar-refractivity contribution in [1.82, 2.24) is 15.0 Å². The van der Waals surface area contributed by atoms with Crippen molar-refractivity contribution >= 4 is 11.7 Å². The second kappa shape index (κ2) is 8.17. The van der Waals surface area contributed by atoms with Crippen molar-refractivity contribution < 1.29 is 23.5 Å². The number of nitrogens with one attached hydrogen (secondary N) is 1. The standard InChI is InChI=1S/C22H22N4O5/c1-28-16-5-2-4-14(12-16)20-24-21(31-25-20)17-6-3-9-26(17)22(27)23-15-7-8-18-19(13-15)30-11-10-29-18/h2,4-5,7-8,12-13,17H,3,6,9-11H2,1H3,(H,23,27)/t17-/m0/s1. The molecule has 3 aromatic rings. The number of carbonyl (C=O) groups is 1. The maximum absolute atomic E-state index is 13.0. The molecular weight excluding hydrogens is 400 g/mol. The van der Waals surface area contributed by atoms with Gasteiger partial charge in [-0.15, -0.1) is 0 Å². The number of rotatable bonds is 4. The van der Waals surface area contributed by atoms with E-state index in [-0.39, 0.29) is 12.1 Å². The summed E-state index contributed by atoms with van der Waals surface area (Å²) < 4.78 is 21.9. The molecule has 2 aliphatic rings. The highest BCUT2D eigenvalue weighted by Crippen LogP contribution is 2.35. The number of fused-ring (bicyclic) bond motifs is 1. The van der Waals surface area contributed by atoms with Gasteiger partial charge in [-0.05, 0) is 37.1 Å². The Kier molecular flexibility index (Phi) is 5.07. The molecule has 0 spiro atoms. The van der Waals surface area contributed by atoms with Crippen LogP contribution in [0.1, 0.15) is 24.8 Å². The molecule has 2 aliphatic heterocycles. The van der Waals surface area contributed by atoms with E-state index in [1.807, 2.05) is 24.3 Å². The number of methoxy groups -OCH3 is 1. The van der Waals surface area contributed by atoms with Gasteiger partial charge in [0.2, 0.25) is 11.7 Å². The molecule has 1 atom stereocenters. The summed E-state index contributed by atoms with van der Waals surface area (Å²) in [6.07, 6.45) is 1.62. The quantitative estimate of drug-likeness (QED) is 0.681. The van der Waals surface area contributed by atoms with E-state index in [0.29, 0.717) is 54.4 Å². The number of urea groups is 1. The zero-order valence-corrected chi connectivity index (χ0v) is 17.0. The van der Waals surface area contributed by atoms with Crippen LogP contribution in [-0.4, -0.2) is 47.9 Å². The number of carbonyl (C=O) groups excluding carboxylic acids is 1. The Morgan fingerprint density at radius 2 is 2.03 bits per heavy atom. The molecule has 2 amide bonds. The molecule has 0 saturated carbocycles. The van der Waals surface area contributed by atoms with Crippen molar-refractivity contribution in [2.45, 2.75) is 18.9 Å². The predicted molar refractivity (Wildman–Crippen MR) is 111 cm³/mol. The van der Waals surface area contributed by atoms with E-state index < -0.39 is 0 Å². The van der Waals surface area contributed by atoms with Crippen LogP contribution in [0.2, 0.25) is 0 Å². The fourth-order valence-electron chi connectivity index (χ4n) is 3.83. The number of likely N-dealkylation sites (tertiary alicyclic amines) is 1. The van der Waals surface area contributed by atoms with Gasteiger partial charge < -0.3 is 29.0 Å². The van der Waals surface area contributed by atoms with Gasteiger partial charge in [0, 0.05) is 23.9 Å². The minimum absolute atomic E-state index is 0.222. The van der Waals surface area contributed by atoms with Gasteiger partial charge in [0.15, 0.2) is 11.5 Å². The summed E-state index contributed by atoms with van der Waals surface area (Å²) in [5.41, 5.74) is 1.43. The molecule has 1 fully saturated rings. The molecule has 160 valence electrons. The highest BCUT2D eigenvalue weighted by molar-refractivity contribution is 5.90. The van der Waals surface area contributed by atoms with E-state index >= 15 is 0 Å². The number of nitrogens with zero attached hydrogens (tertiary/aromatic N) is 3. The number of ether oxygens (including phenoxy) is 3. The molecule has 3 heterocycles. The lowest BCUT2D eigenvalue weighted by Gasteiger charge is -2.23. The molecule has 2 aromatic carbocycles. The lowest BCUT2D eigenvalue weighted by molar-refractivity contribution is 0.171. The lowest BCUT2D eigenvalue weighted by Crippen LogP contribution is -2.34.